The molecule has 1 aromatic heterocycles. The van der Waals surface area contributed by atoms with Crippen LogP contribution in [0.5, 0.6) is 5.88 Å². The van der Waals surface area contributed by atoms with Crippen LogP contribution in [-0.2, 0) is 4.74 Å². The average molecular weight is 555 g/mol. The van der Waals surface area contributed by atoms with Crippen LogP contribution >= 0.6 is 0 Å². The van der Waals surface area contributed by atoms with Gasteiger partial charge in [0.25, 0.3) is 5.91 Å². The van der Waals surface area contributed by atoms with Crippen LogP contribution in [-0.4, -0.2) is 84.0 Å². The highest BCUT2D eigenvalue weighted by Crippen LogP contribution is 2.37. The molecule has 0 saturated carbocycles. The van der Waals surface area contributed by atoms with E-state index in [9.17, 15) is 22.8 Å². The number of hydrogen-bond donors (Lipinski definition) is 2. The second-order valence-corrected chi connectivity index (χ2v) is 9.97. The first-order valence-electron chi connectivity index (χ1n) is 12.4. The van der Waals surface area contributed by atoms with Crippen LogP contribution in [0.1, 0.15) is 38.1 Å². The van der Waals surface area contributed by atoms with Crippen molar-refractivity contribution in [1.82, 2.24) is 20.2 Å². The summed E-state index contributed by atoms with van der Waals surface area (Å²) in [6.45, 7) is 7.91. The van der Waals surface area contributed by atoms with Crippen molar-refractivity contribution in [2.24, 2.45) is 0 Å². The van der Waals surface area contributed by atoms with Gasteiger partial charge in [0, 0.05) is 18.7 Å². The second-order valence-electron chi connectivity index (χ2n) is 9.97. The molecule has 0 bridgehead atoms. The number of likely N-dealkylation sites (N-methyl/N-ethyl adjacent to an activating group) is 1. The molecule has 39 heavy (non-hydrogen) atoms. The van der Waals surface area contributed by atoms with E-state index in [4.69, 9.17) is 9.47 Å². The normalized spacial score (nSPS) is 19.2. The zero-order valence-electron chi connectivity index (χ0n) is 22.0. The van der Waals surface area contributed by atoms with Crippen molar-refractivity contribution in [3.05, 3.63) is 29.6 Å². The highest BCUT2D eigenvalue weighted by atomic mass is 19.4. The molecule has 1 unspecified atom stereocenters. The topological polar surface area (TPSA) is 109 Å². The number of carbonyl (C=O) groups is 2. The number of alkyl halides is 3. The number of nitrogens with one attached hydrogen (secondary N) is 2. The number of halogens is 4. The molecule has 2 aromatic rings. The van der Waals surface area contributed by atoms with Gasteiger partial charge >= 0.3 is 12.2 Å². The standard InChI is InChI=1S/C25H30F4N6O4/c1-5-34-13-24(3,4)39-20-18(21(34)36)19(32-22(33-20)35-8-9-38-11-14(35)2)15-6-7-17(16(26)10-15)31-23(37)30-12-25(27,28)29/h6-7,10,14H,5,8-9,11-13H2,1-4H3,(H2,30,31,37). The smallest absolute Gasteiger partial charge is 0.405 e. The lowest BCUT2D eigenvalue weighted by Crippen LogP contribution is -2.44. The first-order chi connectivity index (χ1) is 18.3. The molecule has 1 atom stereocenters. The molecule has 2 aliphatic rings. The number of urea groups is 1. The molecular weight excluding hydrogens is 524 g/mol. The molecule has 10 nitrogen and oxygen atoms in total. The Morgan fingerprint density at radius 2 is 2.00 bits per heavy atom. The lowest BCUT2D eigenvalue weighted by Gasteiger charge is -2.34. The number of anilines is 2. The quantitative estimate of drug-likeness (QED) is 0.541. The lowest BCUT2D eigenvalue weighted by atomic mass is 10.0. The Balaban J connectivity index is 1.78. The number of ether oxygens (including phenoxy) is 2. The average Bonchev–Trinajstić information content (AvgIpc) is 2.95. The van der Waals surface area contributed by atoms with Crippen molar-refractivity contribution in [1.29, 1.82) is 0 Å². The highest BCUT2D eigenvalue weighted by Gasteiger charge is 2.38. The fourth-order valence-corrected chi connectivity index (χ4v) is 4.41. The molecule has 1 aromatic carbocycles. The maximum Gasteiger partial charge on any atom is 0.405 e. The fourth-order valence-electron chi connectivity index (χ4n) is 4.41. The zero-order valence-corrected chi connectivity index (χ0v) is 22.0. The van der Waals surface area contributed by atoms with E-state index in [1.54, 1.807) is 10.2 Å². The van der Waals surface area contributed by atoms with Gasteiger partial charge in [-0.2, -0.15) is 18.2 Å². The maximum atomic E-state index is 15.1. The number of nitrogens with zero attached hydrogens (tertiary/aromatic N) is 4. The van der Waals surface area contributed by atoms with E-state index >= 15 is 4.39 Å². The van der Waals surface area contributed by atoms with Gasteiger partial charge in [-0.15, -0.1) is 0 Å². The summed E-state index contributed by atoms with van der Waals surface area (Å²) in [7, 11) is 0. The molecule has 2 aliphatic heterocycles. The monoisotopic (exact) mass is 554 g/mol. The van der Waals surface area contributed by atoms with Crippen molar-refractivity contribution in [3.8, 4) is 17.1 Å². The van der Waals surface area contributed by atoms with Gasteiger partial charge in [0.15, 0.2) is 0 Å². The predicted octanol–water partition coefficient (Wildman–Crippen LogP) is 3.82. The molecule has 4 rings (SSSR count). The van der Waals surface area contributed by atoms with Crippen molar-refractivity contribution in [2.45, 2.75) is 45.5 Å². The number of carbonyl (C=O) groups excluding carboxylic acids is 2. The number of hydrogen-bond acceptors (Lipinski definition) is 7. The minimum absolute atomic E-state index is 0.0637. The largest absolute Gasteiger partial charge is 0.469 e. The molecule has 3 amide bonds. The Labute approximate surface area is 222 Å². The lowest BCUT2D eigenvalue weighted by molar-refractivity contribution is -0.122. The summed E-state index contributed by atoms with van der Waals surface area (Å²) in [6, 6.07) is 2.35. The van der Waals surface area contributed by atoms with Crippen LogP contribution in [0.15, 0.2) is 18.2 Å². The summed E-state index contributed by atoms with van der Waals surface area (Å²) in [5.74, 6) is -0.974. The first-order valence-corrected chi connectivity index (χ1v) is 12.4. The van der Waals surface area contributed by atoms with Crippen molar-refractivity contribution < 1.29 is 36.6 Å². The summed E-state index contributed by atoms with van der Waals surface area (Å²) >= 11 is 0. The Bertz CT molecular complexity index is 1260. The number of fused-ring (bicyclic) bond motifs is 1. The summed E-state index contributed by atoms with van der Waals surface area (Å²) in [6.07, 6.45) is -4.62. The third-order valence-corrected chi connectivity index (χ3v) is 6.26. The second kappa shape index (κ2) is 10.8. The van der Waals surface area contributed by atoms with Crippen LogP contribution in [0.25, 0.3) is 11.3 Å². The Morgan fingerprint density at radius 1 is 1.26 bits per heavy atom. The summed E-state index contributed by atoms with van der Waals surface area (Å²) in [5.41, 5.74) is -0.738. The van der Waals surface area contributed by atoms with Gasteiger partial charge in [0.05, 0.1) is 37.2 Å². The summed E-state index contributed by atoms with van der Waals surface area (Å²) < 4.78 is 64.0. The number of benzene rings is 1. The molecule has 0 spiro atoms. The van der Waals surface area contributed by atoms with Gasteiger partial charge in [-0.25, -0.2) is 14.2 Å². The van der Waals surface area contributed by atoms with E-state index < -0.39 is 30.2 Å². The minimum atomic E-state index is -4.62. The van der Waals surface area contributed by atoms with Gasteiger partial charge in [0.2, 0.25) is 11.8 Å². The van der Waals surface area contributed by atoms with Crippen molar-refractivity contribution in [2.75, 3.05) is 49.6 Å². The fraction of sp³-hybridized carbons (Fsp3) is 0.520. The Kier molecular flexibility index (Phi) is 7.87. The highest BCUT2D eigenvalue weighted by molar-refractivity contribution is 6.03. The molecule has 0 radical (unpaired) electrons. The maximum absolute atomic E-state index is 15.1. The third-order valence-electron chi connectivity index (χ3n) is 6.26. The van der Waals surface area contributed by atoms with Gasteiger partial charge in [-0.3, -0.25) is 4.79 Å². The molecule has 0 aliphatic carbocycles. The number of rotatable bonds is 5. The van der Waals surface area contributed by atoms with Crippen molar-refractivity contribution >= 4 is 23.6 Å². The van der Waals surface area contributed by atoms with Crippen LogP contribution in [0.4, 0.5) is 34.0 Å². The van der Waals surface area contributed by atoms with E-state index in [-0.39, 0.29) is 52.8 Å². The van der Waals surface area contributed by atoms with Crippen LogP contribution in [0, 0.1) is 5.82 Å². The van der Waals surface area contributed by atoms with Crippen LogP contribution in [0.3, 0.4) is 0 Å². The summed E-state index contributed by atoms with van der Waals surface area (Å²) in [5, 5.41) is 3.68. The predicted molar refractivity (Wildman–Crippen MR) is 134 cm³/mol. The Morgan fingerprint density at radius 3 is 2.64 bits per heavy atom. The van der Waals surface area contributed by atoms with Gasteiger partial charge in [0.1, 0.15) is 23.5 Å². The number of morpholine rings is 1. The van der Waals surface area contributed by atoms with Gasteiger partial charge in [-0.1, -0.05) is 6.07 Å². The van der Waals surface area contributed by atoms with E-state index in [2.05, 4.69) is 15.3 Å². The Hall–Kier alpha value is -3.68. The van der Waals surface area contributed by atoms with Crippen LogP contribution in [0.2, 0.25) is 0 Å². The molecular formula is C25H30F4N6O4. The third kappa shape index (κ3) is 6.49. The van der Waals surface area contributed by atoms with E-state index in [0.717, 1.165) is 6.07 Å². The number of amides is 3. The van der Waals surface area contributed by atoms with E-state index in [1.807, 2.05) is 32.6 Å². The van der Waals surface area contributed by atoms with E-state index in [0.29, 0.717) is 26.3 Å². The van der Waals surface area contributed by atoms with Gasteiger partial charge < -0.3 is 29.9 Å². The van der Waals surface area contributed by atoms with Gasteiger partial charge in [-0.05, 0) is 39.8 Å². The first kappa shape index (κ1) is 28.3. The SMILES string of the molecule is CCN1CC(C)(C)Oc2nc(N3CCOCC3C)nc(-c3ccc(NC(=O)NCC(F)(F)F)c(F)c3)c2C1=O. The molecule has 14 heteroatoms. The van der Waals surface area contributed by atoms with E-state index in [1.165, 1.54) is 12.1 Å². The molecule has 1 saturated heterocycles. The molecule has 2 N–H and O–H groups in total. The molecule has 212 valence electrons. The molecule has 3 heterocycles. The summed E-state index contributed by atoms with van der Waals surface area (Å²) in [4.78, 5) is 38.2. The minimum Gasteiger partial charge on any atom is -0.469 e. The molecule has 1 fully saturated rings. The number of aromatic nitrogens is 2. The zero-order chi connectivity index (χ0) is 28.5. The van der Waals surface area contributed by atoms with Crippen molar-refractivity contribution in [3.63, 3.8) is 0 Å². The van der Waals surface area contributed by atoms with Crippen LogP contribution < -0.4 is 20.3 Å².